The van der Waals surface area contributed by atoms with Crippen LogP contribution in [0.5, 0.6) is 0 Å². The van der Waals surface area contributed by atoms with Gasteiger partial charge in [-0.3, -0.25) is 9.59 Å². The average Bonchev–Trinajstić information content (AvgIpc) is 2.87. The van der Waals surface area contributed by atoms with Gasteiger partial charge in [0, 0.05) is 19.8 Å². The van der Waals surface area contributed by atoms with E-state index >= 15 is 0 Å². The maximum Gasteiger partial charge on any atom is 0.308 e. The fourth-order valence-electron chi connectivity index (χ4n) is 1.88. The number of aryl methyl sites for hydroxylation is 1. The predicted molar refractivity (Wildman–Crippen MR) is 69.3 cm³/mol. The van der Waals surface area contributed by atoms with Gasteiger partial charge in [0.05, 0.1) is 17.2 Å². The van der Waals surface area contributed by atoms with Crippen LogP contribution in [0.4, 0.5) is 0 Å². The Hall–Kier alpha value is -2.51. The highest BCUT2D eigenvalue weighted by Gasteiger charge is 2.21. The number of fused-ring (bicyclic) bond motifs is 1. The van der Waals surface area contributed by atoms with Gasteiger partial charge in [-0.2, -0.15) is 10.1 Å². The summed E-state index contributed by atoms with van der Waals surface area (Å²) in [6.07, 6.45) is 2.80. The van der Waals surface area contributed by atoms with Crippen molar-refractivity contribution in [1.29, 1.82) is 0 Å². The first kappa shape index (κ1) is 13.9. The maximum absolute atomic E-state index is 12.3. The summed E-state index contributed by atoms with van der Waals surface area (Å²) in [5, 5.41) is 12.9. The summed E-state index contributed by atoms with van der Waals surface area (Å²) in [5.74, 6) is -1.44. The summed E-state index contributed by atoms with van der Waals surface area (Å²) in [7, 11) is 1.56. The molecule has 1 atom stereocenters. The van der Waals surface area contributed by atoms with E-state index in [-0.39, 0.29) is 12.5 Å². The lowest BCUT2D eigenvalue weighted by atomic mass is 10.1. The lowest BCUT2D eigenvalue weighted by Crippen LogP contribution is -2.34. The molecule has 2 aromatic rings. The van der Waals surface area contributed by atoms with Gasteiger partial charge in [-0.25, -0.2) is 9.50 Å². The average molecular weight is 277 g/mol. The Bertz CT molecular complexity index is 666. The Morgan fingerprint density at radius 2 is 2.15 bits per heavy atom. The van der Waals surface area contributed by atoms with Crippen LogP contribution in [0.2, 0.25) is 0 Å². The Kier molecular flexibility index (Phi) is 3.64. The van der Waals surface area contributed by atoms with Crippen molar-refractivity contribution in [3.63, 3.8) is 0 Å². The first-order chi connectivity index (χ1) is 9.41. The molecule has 0 bridgehead atoms. The van der Waals surface area contributed by atoms with Crippen molar-refractivity contribution in [2.24, 2.45) is 5.92 Å². The summed E-state index contributed by atoms with van der Waals surface area (Å²) < 4.78 is 1.47. The molecule has 0 aliphatic heterocycles. The third-order valence-electron chi connectivity index (χ3n) is 3.09. The van der Waals surface area contributed by atoms with Gasteiger partial charge >= 0.3 is 5.97 Å². The van der Waals surface area contributed by atoms with E-state index in [1.165, 1.54) is 21.9 Å². The standard InChI is InChI=1S/C12H15N5O3/c1-7(11(19)20)5-16(3)10(18)9-4-13-12-14-6-15-17(12)8(9)2/h4,6-7H,5H2,1-3H3,(H,19,20). The van der Waals surface area contributed by atoms with E-state index in [2.05, 4.69) is 15.1 Å². The highest BCUT2D eigenvalue weighted by atomic mass is 16.4. The molecule has 1 unspecified atom stereocenters. The topological polar surface area (TPSA) is 101 Å². The second-order valence-electron chi connectivity index (χ2n) is 4.65. The van der Waals surface area contributed by atoms with Crippen molar-refractivity contribution in [3.8, 4) is 0 Å². The third kappa shape index (κ3) is 2.44. The van der Waals surface area contributed by atoms with Crippen LogP contribution >= 0.6 is 0 Å². The van der Waals surface area contributed by atoms with Crippen LogP contribution in [-0.4, -0.2) is 55.1 Å². The molecule has 0 saturated heterocycles. The van der Waals surface area contributed by atoms with Crippen molar-refractivity contribution < 1.29 is 14.7 Å². The Labute approximate surface area is 115 Å². The molecular formula is C12H15N5O3. The first-order valence-corrected chi connectivity index (χ1v) is 6.05. The maximum atomic E-state index is 12.3. The molecule has 0 fully saturated rings. The van der Waals surface area contributed by atoms with Crippen LogP contribution in [0.15, 0.2) is 12.5 Å². The van der Waals surface area contributed by atoms with Crippen molar-refractivity contribution >= 4 is 17.7 Å². The molecule has 2 heterocycles. The van der Waals surface area contributed by atoms with E-state index in [9.17, 15) is 9.59 Å². The van der Waals surface area contributed by atoms with Crippen LogP contribution in [0.3, 0.4) is 0 Å². The summed E-state index contributed by atoms with van der Waals surface area (Å²) in [6.45, 7) is 3.42. The largest absolute Gasteiger partial charge is 0.481 e. The monoisotopic (exact) mass is 277 g/mol. The fraction of sp³-hybridized carbons (Fsp3) is 0.417. The van der Waals surface area contributed by atoms with Crippen LogP contribution in [0.25, 0.3) is 5.78 Å². The van der Waals surface area contributed by atoms with E-state index in [4.69, 9.17) is 5.11 Å². The zero-order valence-electron chi connectivity index (χ0n) is 11.4. The van der Waals surface area contributed by atoms with Crippen molar-refractivity contribution in [1.82, 2.24) is 24.5 Å². The summed E-state index contributed by atoms with van der Waals surface area (Å²) in [4.78, 5) is 32.5. The second kappa shape index (κ2) is 5.24. The normalized spacial score (nSPS) is 12.3. The third-order valence-corrected chi connectivity index (χ3v) is 3.09. The minimum absolute atomic E-state index is 0.128. The number of amides is 1. The number of carboxylic acids is 1. The van der Waals surface area contributed by atoms with Gasteiger partial charge in [0.25, 0.3) is 11.7 Å². The van der Waals surface area contributed by atoms with Crippen LogP contribution in [-0.2, 0) is 4.79 Å². The Balaban J connectivity index is 2.26. The molecule has 0 aliphatic rings. The number of rotatable bonds is 4. The first-order valence-electron chi connectivity index (χ1n) is 6.05. The summed E-state index contributed by atoms with van der Waals surface area (Å²) in [5.41, 5.74) is 0.996. The number of hydrogen-bond acceptors (Lipinski definition) is 5. The molecule has 1 N–H and O–H groups in total. The molecule has 1 amide bonds. The van der Waals surface area contributed by atoms with Crippen molar-refractivity contribution in [3.05, 3.63) is 23.8 Å². The van der Waals surface area contributed by atoms with Crippen molar-refractivity contribution in [2.45, 2.75) is 13.8 Å². The van der Waals surface area contributed by atoms with Crippen LogP contribution in [0.1, 0.15) is 23.0 Å². The Morgan fingerprint density at radius 1 is 1.45 bits per heavy atom. The predicted octanol–water partition coefficient (Wildman–Crippen LogP) is 0.225. The number of hydrogen-bond donors (Lipinski definition) is 1. The van der Waals surface area contributed by atoms with Gasteiger partial charge in [-0.1, -0.05) is 6.92 Å². The van der Waals surface area contributed by atoms with Gasteiger partial charge in [-0.15, -0.1) is 0 Å². The van der Waals surface area contributed by atoms with E-state index < -0.39 is 11.9 Å². The molecule has 0 aromatic carbocycles. The smallest absolute Gasteiger partial charge is 0.308 e. The second-order valence-corrected chi connectivity index (χ2v) is 4.65. The van der Waals surface area contributed by atoms with Crippen molar-refractivity contribution in [2.75, 3.05) is 13.6 Å². The minimum Gasteiger partial charge on any atom is -0.481 e. The molecule has 0 aliphatic carbocycles. The zero-order chi connectivity index (χ0) is 14.9. The number of nitrogens with zero attached hydrogens (tertiary/aromatic N) is 5. The van der Waals surface area contributed by atoms with Gasteiger partial charge in [0.2, 0.25) is 0 Å². The minimum atomic E-state index is -0.939. The molecule has 20 heavy (non-hydrogen) atoms. The molecule has 2 aromatic heterocycles. The zero-order valence-corrected chi connectivity index (χ0v) is 11.4. The van der Waals surface area contributed by atoms with Crippen LogP contribution < -0.4 is 0 Å². The lowest BCUT2D eigenvalue weighted by Gasteiger charge is -2.20. The van der Waals surface area contributed by atoms with E-state index in [1.807, 2.05) is 0 Å². The molecule has 0 spiro atoms. The highest BCUT2D eigenvalue weighted by Crippen LogP contribution is 2.11. The van der Waals surface area contributed by atoms with Gasteiger partial charge in [0.1, 0.15) is 6.33 Å². The molecule has 0 saturated carbocycles. The highest BCUT2D eigenvalue weighted by molar-refractivity contribution is 5.95. The summed E-state index contributed by atoms with van der Waals surface area (Å²) >= 11 is 0. The number of aromatic nitrogens is 4. The lowest BCUT2D eigenvalue weighted by molar-refractivity contribution is -0.141. The quantitative estimate of drug-likeness (QED) is 0.858. The SMILES string of the molecule is Cc1c(C(=O)N(C)CC(C)C(=O)O)cnc2ncnn12. The fourth-order valence-corrected chi connectivity index (χ4v) is 1.88. The molecule has 8 nitrogen and oxygen atoms in total. The van der Waals surface area contributed by atoms with E-state index in [0.717, 1.165) is 0 Å². The molecule has 8 heteroatoms. The number of carbonyl (C=O) groups excluding carboxylic acids is 1. The molecule has 106 valence electrons. The number of carbonyl (C=O) groups is 2. The van der Waals surface area contributed by atoms with Gasteiger partial charge in [0.15, 0.2) is 0 Å². The molecule has 2 rings (SSSR count). The van der Waals surface area contributed by atoms with E-state index in [0.29, 0.717) is 17.0 Å². The molecular weight excluding hydrogens is 262 g/mol. The van der Waals surface area contributed by atoms with Gasteiger partial charge < -0.3 is 10.0 Å². The van der Waals surface area contributed by atoms with Crippen LogP contribution in [0, 0.1) is 12.8 Å². The summed E-state index contributed by atoms with van der Waals surface area (Å²) in [6, 6.07) is 0. The molecule has 0 radical (unpaired) electrons. The van der Waals surface area contributed by atoms with Gasteiger partial charge in [-0.05, 0) is 6.92 Å². The van der Waals surface area contributed by atoms with E-state index in [1.54, 1.807) is 20.9 Å². The Morgan fingerprint density at radius 3 is 2.80 bits per heavy atom. The number of aliphatic carboxylic acids is 1. The number of carboxylic acid groups (broad SMARTS) is 1.